The van der Waals surface area contributed by atoms with Crippen molar-refractivity contribution in [3.63, 3.8) is 0 Å². The van der Waals surface area contributed by atoms with Gasteiger partial charge in [0.25, 0.3) is 0 Å². The third kappa shape index (κ3) is 3.20. The van der Waals surface area contributed by atoms with E-state index in [4.69, 9.17) is 0 Å². The largest absolute Gasteiger partial charge is 0.304 e. The van der Waals surface area contributed by atoms with Crippen LogP contribution in [0, 0.1) is 17.1 Å². The fraction of sp³-hybridized carbons (Fsp3) is 0.318. The quantitative estimate of drug-likeness (QED) is 0.827. The zero-order valence-electron chi connectivity index (χ0n) is 15.7. The zero-order chi connectivity index (χ0) is 19.9. The summed E-state index contributed by atoms with van der Waals surface area (Å²) in [6.07, 6.45) is 1.79. The van der Waals surface area contributed by atoms with Crippen molar-refractivity contribution in [3.05, 3.63) is 71.0 Å². The van der Waals surface area contributed by atoms with Crippen molar-refractivity contribution in [3.8, 4) is 6.07 Å². The van der Waals surface area contributed by atoms with Crippen LogP contribution >= 0.6 is 11.8 Å². The van der Waals surface area contributed by atoms with Gasteiger partial charge in [-0.15, -0.1) is 0 Å². The van der Waals surface area contributed by atoms with Gasteiger partial charge in [0.2, 0.25) is 5.91 Å². The number of carbonyl (C=O) groups excluding carboxylic acids is 1. The van der Waals surface area contributed by atoms with Gasteiger partial charge in [-0.05, 0) is 55.5 Å². The first-order chi connectivity index (χ1) is 13.4. The van der Waals surface area contributed by atoms with E-state index >= 15 is 0 Å². The molecule has 2 aromatic rings. The third-order valence-corrected chi connectivity index (χ3v) is 6.80. The summed E-state index contributed by atoms with van der Waals surface area (Å²) in [7, 11) is 0. The van der Waals surface area contributed by atoms with E-state index in [1.165, 1.54) is 23.9 Å². The highest BCUT2D eigenvalue weighted by atomic mass is 32.2. The predicted octanol–water partition coefficient (Wildman–Crippen LogP) is 4.58. The highest BCUT2D eigenvalue weighted by Gasteiger charge is 2.47. The number of nitrogens with one attached hydrogen (secondary N) is 1. The van der Waals surface area contributed by atoms with Crippen LogP contribution in [0.5, 0.6) is 0 Å². The van der Waals surface area contributed by atoms with E-state index in [2.05, 4.69) is 16.4 Å². The molecule has 2 unspecified atom stereocenters. The van der Waals surface area contributed by atoms with Gasteiger partial charge in [-0.2, -0.15) is 5.26 Å². The van der Waals surface area contributed by atoms with E-state index < -0.39 is 4.75 Å². The maximum Gasteiger partial charge on any atom is 0.246 e. The first kappa shape index (κ1) is 18.7. The Hall–Kier alpha value is -2.65. The number of halogens is 1. The van der Waals surface area contributed by atoms with Crippen LogP contribution in [0.1, 0.15) is 49.4 Å². The van der Waals surface area contributed by atoms with E-state index in [9.17, 15) is 14.4 Å². The maximum atomic E-state index is 13.1. The molecule has 28 heavy (non-hydrogen) atoms. The van der Waals surface area contributed by atoms with Gasteiger partial charge in [0, 0.05) is 0 Å². The second-order valence-electron chi connectivity index (χ2n) is 7.52. The molecule has 1 N–H and O–H groups in total. The Labute approximate surface area is 167 Å². The molecule has 2 fully saturated rings. The van der Waals surface area contributed by atoms with Crippen molar-refractivity contribution in [1.82, 2.24) is 5.32 Å². The number of benzene rings is 2. The number of aliphatic imine (C=N–C) groups is 1. The zero-order valence-corrected chi connectivity index (χ0v) is 16.5. The standard InChI is InChI=1S/C22H20FN3OS/c1-14(15-3-9-18(23)10-4-15)25-20-26-19(27)21(2,28-20)16-5-7-17(8-6-16)22(13-24)11-12-22/h3-10,14H,11-12H2,1-2H3,(H,25,26,27). The van der Waals surface area contributed by atoms with E-state index in [1.807, 2.05) is 38.1 Å². The summed E-state index contributed by atoms with van der Waals surface area (Å²) in [6, 6.07) is 16.2. The van der Waals surface area contributed by atoms with Gasteiger partial charge >= 0.3 is 0 Å². The van der Waals surface area contributed by atoms with E-state index in [0.29, 0.717) is 5.17 Å². The van der Waals surface area contributed by atoms with Crippen molar-refractivity contribution >= 4 is 22.8 Å². The molecule has 2 aliphatic rings. The molecule has 4 nitrogen and oxygen atoms in total. The molecule has 1 saturated heterocycles. The Balaban J connectivity index is 1.55. The summed E-state index contributed by atoms with van der Waals surface area (Å²) in [4.78, 5) is 17.3. The summed E-state index contributed by atoms with van der Waals surface area (Å²) in [5.41, 5.74) is 2.45. The minimum absolute atomic E-state index is 0.114. The maximum absolute atomic E-state index is 13.1. The normalized spacial score (nSPS) is 25.2. The fourth-order valence-corrected chi connectivity index (χ4v) is 4.56. The Bertz CT molecular complexity index is 990. The van der Waals surface area contributed by atoms with Crippen LogP contribution in [0.2, 0.25) is 0 Å². The van der Waals surface area contributed by atoms with Crippen LogP contribution in [0.4, 0.5) is 4.39 Å². The minimum Gasteiger partial charge on any atom is -0.304 e. The average Bonchev–Trinajstić information content (AvgIpc) is 3.44. The van der Waals surface area contributed by atoms with E-state index in [1.54, 1.807) is 12.1 Å². The highest BCUT2D eigenvalue weighted by molar-refractivity contribution is 8.15. The average molecular weight is 393 g/mol. The number of nitrogens with zero attached hydrogens (tertiary/aromatic N) is 2. The number of thioether (sulfide) groups is 1. The molecule has 0 aromatic heterocycles. The van der Waals surface area contributed by atoms with Crippen LogP contribution < -0.4 is 5.32 Å². The second kappa shape index (κ2) is 6.75. The number of hydrogen-bond acceptors (Lipinski definition) is 4. The molecule has 0 spiro atoms. The molecule has 2 aromatic carbocycles. The van der Waals surface area contributed by atoms with E-state index in [0.717, 1.165) is 29.5 Å². The van der Waals surface area contributed by atoms with Crippen molar-refractivity contribution < 1.29 is 9.18 Å². The number of hydrogen-bond donors (Lipinski definition) is 1. The molecule has 1 saturated carbocycles. The van der Waals surface area contributed by atoms with Gasteiger partial charge < -0.3 is 5.32 Å². The molecule has 6 heteroatoms. The highest BCUT2D eigenvalue weighted by Crippen LogP contribution is 2.48. The molecule has 0 bridgehead atoms. The van der Waals surface area contributed by atoms with Gasteiger partial charge in [0.05, 0.1) is 17.5 Å². The molecule has 1 aliphatic carbocycles. The summed E-state index contributed by atoms with van der Waals surface area (Å²) in [5, 5.41) is 12.8. The number of carbonyl (C=O) groups is 1. The van der Waals surface area contributed by atoms with Crippen molar-refractivity contribution in [2.45, 2.75) is 42.9 Å². The Morgan fingerprint density at radius 2 is 1.75 bits per heavy atom. The van der Waals surface area contributed by atoms with E-state index in [-0.39, 0.29) is 23.2 Å². The lowest BCUT2D eigenvalue weighted by Gasteiger charge is -2.20. The Kier molecular flexibility index (Phi) is 4.51. The number of nitriles is 1. The number of rotatable bonds is 4. The summed E-state index contributed by atoms with van der Waals surface area (Å²) < 4.78 is 12.3. The lowest BCUT2D eigenvalue weighted by Crippen LogP contribution is -2.31. The van der Waals surface area contributed by atoms with Crippen molar-refractivity contribution in [2.75, 3.05) is 0 Å². The van der Waals surface area contributed by atoms with Gasteiger partial charge in [-0.1, -0.05) is 48.2 Å². The van der Waals surface area contributed by atoms with Crippen LogP contribution in [0.25, 0.3) is 0 Å². The molecule has 1 heterocycles. The van der Waals surface area contributed by atoms with Crippen LogP contribution in [-0.2, 0) is 15.0 Å². The molecule has 0 radical (unpaired) electrons. The number of amidine groups is 1. The van der Waals surface area contributed by atoms with Crippen LogP contribution in [0.3, 0.4) is 0 Å². The van der Waals surface area contributed by atoms with Gasteiger partial charge in [-0.25, -0.2) is 4.39 Å². The van der Waals surface area contributed by atoms with Crippen molar-refractivity contribution in [2.24, 2.45) is 4.99 Å². The molecule has 1 amide bonds. The van der Waals surface area contributed by atoms with Gasteiger partial charge in [-0.3, -0.25) is 9.79 Å². The molecule has 142 valence electrons. The topological polar surface area (TPSA) is 65.2 Å². The Morgan fingerprint density at radius 1 is 1.14 bits per heavy atom. The first-order valence-corrected chi connectivity index (χ1v) is 10.0. The van der Waals surface area contributed by atoms with Crippen LogP contribution in [0.15, 0.2) is 53.5 Å². The summed E-state index contributed by atoms with van der Waals surface area (Å²) in [5.74, 6) is -0.399. The molecule has 4 rings (SSSR count). The lowest BCUT2D eigenvalue weighted by atomic mass is 9.93. The first-order valence-electron chi connectivity index (χ1n) is 9.22. The number of amides is 1. The lowest BCUT2D eigenvalue weighted by molar-refractivity contribution is -0.121. The Morgan fingerprint density at radius 3 is 2.32 bits per heavy atom. The van der Waals surface area contributed by atoms with Gasteiger partial charge in [0.15, 0.2) is 5.17 Å². The summed E-state index contributed by atoms with van der Waals surface area (Å²) in [6.45, 7) is 3.79. The van der Waals surface area contributed by atoms with Gasteiger partial charge in [0.1, 0.15) is 10.6 Å². The second-order valence-corrected chi connectivity index (χ2v) is 8.93. The monoisotopic (exact) mass is 393 g/mol. The predicted molar refractivity (Wildman–Crippen MR) is 108 cm³/mol. The van der Waals surface area contributed by atoms with Crippen LogP contribution in [-0.4, -0.2) is 11.1 Å². The fourth-order valence-electron chi connectivity index (χ4n) is 3.42. The molecule has 2 atom stereocenters. The molecule has 1 aliphatic heterocycles. The summed E-state index contributed by atoms with van der Waals surface area (Å²) >= 11 is 1.39. The minimum atomic E-state index is -0.775. The smallest absolute Gasteiger partial charge is 0.246 e. The SMILES string of the molecule is CC(N=C1NC(=O)C(C)(c2ccc(C3(C#N)CC3)cc2)S1)c1ccc(F)cc1. The third-order valence-electron chi connectivity index (χ3n) is 5.57. The van der Waals surface area contributed by atoms with Crippen molar-refractivity contribution in [1.29, 1.82) is 5.26 Å². The molecular weight excluding hydrogens is 373 g/mol. The molecular formula is C22H20FN3OS.